The molecule has 0 amide bonds. The summed E-state index contributed by atoms with van der Waals surface area (Å²) in [7, 11) is -2.29. The smallest absolute Gasteiger partial charge is 0.279 e. The fraction of sp³-hybridized carbons (Fsp3) is 0.562. The van der Waals surface area contributed by atoms with E-state index in [9.17, 15) is 4.79 Å². The van der Waals surface area contributed by atoms with Crippen molar-refractivity contribution in [2.24, 2.45) is 0 Å². The van der Waals surface area contributed by atoms with Crippen molar-refractivity contribution >= 4 is 14.8 Å². The number of carbonyl (C=O) groups is 1. The molecule has 2 nitrogen and oxygen atoms in total. The van der Waals surface area contributed by atoms with Gasteiger partial charge in [-0.2, -0.15) is 0 Å². The van der Waals surface area contributed by atoms with Gasteiger partial charge in [0.25, 0.3) is 14.8 Å². The summed E-state index contributed by atoms with van der Waals surface area (Å²) < 4.78 is 5.83. The third-order valence-electron chi connectivity index (χ3n) is 4.43. The van der Waals surface area contributed by atoms with Crippen molar-refractivity contribution in [3.05, 3.63) is 35.9 Å². The van der Waals surface area contributed by atoms with E-state index >= 15 is 0 Å². The fourth-order valence-corrected chi connectivity index (χ4v) is 9.53. The summed E-state index contributed by atoms with van der Waals surface area (Å²) >= 11 is 0. The number of carbonyl (C=O) groups excluding carboxylic acids is 1. The lowest BCUT2D eigenvalue weighted by Crippen LogP contribution is -2.59. The summed E-state index contributed by atoms with van der Waals surface area (Å²) in [6, 6.07) is 10.4. The van der Waals surface area contributed by atoms with Gasteiger partial charge in [-0.1, -0.05) is 71.9 Å². The van der Waals surface area contributed by atoms with Gasteiger partial charge in [0.1, 0.15) is 0 Å². The Labute approximate surface area is 118 Å². The van der Waals surface area contributed by atoms with E-state index in [2.05, 4.69) is 65.8 Å². The van der Waals surface area contributed by atoms with Crippen LogP contribution in [0.1, 0.15) is 47.1 Å². The fourth-order valence-electron chi connectivity index (χ4n) is 3.69. The van der Waals surface area contributed by atoms with E-state index in [1.54, 1.807) is 0 Å². The molecule has 0 unspecified atom stereocenters. The molecular weight excluding hydrogens is 252 g/mol. The van der Waals surface area contributed by atoms with E-state index in [4.69, 9.17) is 4.43 Å². The highest BCUT2D eigenvalue weighted by molar-refractivity contribution is 6.80. The van der Waals surface area contributed by atoms with Crippen molar-refractivity contribution in [3.63, 3.8) is 0 Å². The van der Waals surface area contributed by atoms with Crippen molar-refractivity contribution in [1.82, 2.24) is 0 Å². The molecule has 1 aromatic carbocycles. The molecule has 0 saturated carbocycles. The maximum atomic E-state index is 11.1. The number of hydrogen-bond donors (Lipinski definition) is 0. The zero-order valence-corrected chi connectivity index (χ0v) is 13.9. The van der Waals surface area contributed by atoms with Crippen molar-refractivity contribution in [2.75, 3.05) is 0 Å². The Kier molecular flexibility index (Phi) is 4.96. The molecule has 0 aliphatic rings. The Morgan fingerprint density at radius 1 is 1.05 bits per heavy atom. The van der Waals surface area contributed by atoms with Gasteiger partial charge in [0.2, 0.25) is 0 Å². The summed E-state index contributed by atoms with van der Waals surface area (Å²) in [4.78, 5) is 11.1. The number of hydrogen-bond acceptors (Lipinski definition) is 2. The molecule has 0 aromatic heterocycles. The molecular formula is C16H26O2Si. The summed E-state index contributed by atoms with van der Waals surface area (Å²) in [5, 5.41) is -0.114. The van der Waals surface area contributed by atoms with Crippen LogP contribution in [-0.4, -0.2) is 14.8 Å². The average Bonchev–Trinajstić information content (AvgIpc) is 2.35. The second kappa shape index (κ2) is 5.91. The van der Waals surface area contributed by atoms with Crippen LogP contribution in [0.15, 0.2) is 30.3 Å². The molecule has 19 heavy (non-hydrogen) atoms. The van der Waals surface area contributed by atoms with Gasteiger partial charge in [0, 0.05) is 5.04 Å². The second-order valence-electron chi connectivity index (χ2n) is 6.31. The molecule has 0 aliphatic carbocycles. The molecule has 106 valence electrons. The Bertz CT molecular complexity index is 402. The standard InChI is InChI=1S/C16H26O2Si/c1-13(2)19(14(3)4,18-12-17)16(5,6)15-10-8-7-9-11-15/h7-14H,1-6H3. The van der Waals surface area contributed by atoms with Crippen LogP contribution in [0.5, 0.6) is 0 Å². The molecule has 3 heteroatoms. The minimum atomic E-state index is -2.29. The zero-order valence-electron chi connectivity index (χ0n) is 12.9. The Morgan fingerprint density at radius 3 is 1.89 bits per heavy atom. The first-order valence-electron chi connectivity index (χ1n) is 6.97. The minimum absolute atomic E-state index is 0.114. The number of rotatable bonds is 6. The zero-order chi connectivity index (χ0) is 14.7. The third-order valence-corrected chi connectivity index (χ3v) is 10.6. The van der Waals surface area contributed by atoms with Gasteiger partial charge in [0.05, 0.1) is 0 Å². The molecule has 1 aromatic rings. The molecule has 0 saturated heterocycles. The van der Waals surface area contributed by atoms with E-state index in [1.165, 1.54) is 5.56 Å². The monoisotopic (exact) mass is 278 g/mol. The molecule has 0 fully saturated rings. The van der Waals surface area contributed by atoms with Crippen LogP contribution in [0.3, 0.4) is 0 Å². The summed E-state index contributed by atoms with van der Waals surface area (Å²) in [6.45, 7) is 13.8. The maximum Gasteiger partial charge on any atom is 0.279 e. The SMILES string of the molecule is CC(C)[Si](OC=O)(C(C)C)C(C)(C)c1ccccc1. The Morgan fingerprint density at radius 2 is 1.53 bits per heavy atom. The predicted octanol–water partition coefficient (Wildman–Crippen LogP) is 4.44. The van der Waals surface area contributed by atoms with Gasteiger partial charge in [-0.25, -0.2) is 0 Å². The maximum absolute atomic E-state index is 11.1. The first kappa shape index (κ1) is 16.0. The van der Waals surface area contributed by atoms with Crippen molar-refractivity contribution < 1.29 is 9.22 Å². The van der Waals surface area contributed by atoms with Crippen molar-refractivity contribution in [2.45, 2.75) is 57.7 Å². The van der Waals surface area contributed by atoms with Gasteiger partial charge >= 0.3 is 0 Å². The molecule has 0 bridgehead atoms. The van der Waals surface area contributed by atoms with Crippen molar-refractivity contribution in [1.29, 1.82) is 0 Å². The lowest BCUT2D eigenvalue weighted by molar-refractivity contribution is -0.122. The van der Waals surface area contributed by atoms with E-state index < -0.39 is 8.32 Å². The Balaban J connectivity index is 3.42. The van der Waals surface area contributed by atoms with E-state index in [1.807, 2.05) is 6.07 Å². The van der Waals surface area contributed by atoms with Gasteiger partial charge in [0.15, 0.2) is 0 Å². The summed E-state index contributed by atoms with van der Waals surface area (Å²) in [5.74, 6) is 0. The topological polar surface area (TPSA) is 26.3 Å². The third kappa shape index (κ3) is 2.61. The van der Waals surface area contributed by atoms with Gasteiger partial charge in [-0.05, 0) is 16.6 Å². The van der Waals surface area contributed by atoms with Crippen LogP contribution in [0.4, 0.5) is 0 Å². The summed E-state index contributed by atoms with van der Waals surface area (Å²) in [5.41, 5.74) is 1.99. The van der Waals surface area contributed by atoms with Gasteiger partial charge in [-0.15, -0.1) is 0 Å². The minimum Gasteiger partial charge on any atom is -0.520 e. The molecule has 0 heterocycles. The van der Waals surface area contributed by atoms with Crippen molar-refractivity contribution in [3.8, 4) is 0 Å². The lowest BCUT2D eigenvalue weighted by atomic mass is 10.0. The van der Waals surface area contributed by atoms with Crippen LogP contribution < -0.4 is 0 Å². The molecule has 0 aliphatic heterocycles. The van der Waals surface area contributed by atoms with Crippen LogP contribution in [0.25, 0.3) is 0 Å². The second-order valence-corrected chi connectivity index (χ2v) is 11.7. The summed E-state index contributed by atoms with van der Waals surface area (Å²) in [6.07, 6.45) is 0. The molecule has 0 radical (unpaired) electrons. The van der Waals surface area contributed by atoms with Crippen LogP contribution >= 0.6 is 0 Å². The van der Waals surface area contributed by atoms with Crippen LogP contribution in [0, 0.1) is 0 Å². The van der Waals surface area contributed by atoms with Crippen LogP contribution in [-0.2, 0) is 14.3 Å². The molecule has 0 spiro atoms. The van der Waals surface area contributed by atoms with E-state index in [0.29, 0.717) is 17.6 Å². The van der Waals surface area contributed by atoms with Gasteiger partial charge < -0.3 is 4.43 Å². The normalized spacial score (nSPS) is 12.8. The predicted molar refractivity (Wildman–Crippen MR) is 82.6 cm³/mol. The first-order valence-corrected chi connectivity index (χ1v) is 9.04. The highest BCUT2D eigenvalue weighted by atomic mass is 28.4. The molecule has 0 N–H and O–H groups in total. The first-order chi connectivity index (χ1) is 8.80. The van der Waals surface area contributed by atoms with E-state index in [0.717, 1.165) is 0 Å². The molecule has 1 rings (SSSR count). The largest absolute Gasteiger partial charge is 0.520 e. The highest BCUT2D eigenvalue weighted by Crippen LogP contribution is 2.47. The van der Waals surface area contributed by atoms with Gasteiger partial charge in [-0.3, -0.25) is 4.79 Å². The highest BCUT2D eigenvalue weighted by Gasteiger charge is 2.56. The average molecular weight is 278 g/mol. The lowest BCUT2D eigenvalue weighted by Gasteiger charge is -2.48. The Hall–Kier alpha value is -1.09. The quantitative estimate of drug-likeness (QED) is 0.568. The molecule has 0 atom stereocenters. The van der Waals surface area contributed by atoms with E-state index in [-0.39, 0.29) is 5.04 Å². The number of benzene rings is 1. The van der Waals surface area contributed by atoms with Crippen LogP contribution in [0.2, 0.25) is 11.1 Å².